The maximum absolute atomic E-state index is 15.1. The number of hydrogen-bond donors (Lipinski definition) is 1. The number of likely N-dealkylation sites (tertiary alicyclic amines) is 1. The fourth-order valence-electron chi connectivity index (χ4n) is 6.41. The monoisotopic (exact) mass is 616 g/mol. The molecule has 0 radical (unpaired) electrons. The summed E-state index contributed by atoms with van der Waals surface area (Å²) >= 11 is 0. The van der Waals surface area contributed by atoms with E-state index in [0.29, 0.717) is 49.0 Å². The second-order valence-corrected chi connectivity index (χ2v) is 11.8. The molecular formula is C33H41FN8O3. The van der Waals surface area contributed by atoms with Crippen LogP contribution in [0, 0.1) is 5.82 Å². The number of ether oxygens (including phenoxy) is 1. The van der Waals surface area contributed by atoms with Crippen LogP contribution in [0.25, 0.3) is 0 Å². The molecule has 6 rings (SSSR count). The molecule has 2 saturated heterocycles. The highest BCUT2D eigenvalue weighted by molar-refractivity contribution is 6.06. The number of piperazine rings is 1. The molecule has 0 saturated carbocycles. The second-order valence-electron chi connectivity index (χ2n) is 11.8. The number of aryl methyl sites for hydroxylation is 1. The number of hydrogen-bond acceptors (Lipinski definition) is 8. The summed E-state index contributed by atoms with van der Waals surface area (Å²) in [6.45, 7) is 9.06. The Morgan fingerprint density at radius 1 is 1.07 bits per heavy atom. The van der Waals surface area contributed by atoms with Gasteiger partial charge in [0, 0.05) is 74.9 Å². The fraction of sp³-hybridized carbons (Fsp3) is 0.455. The number of amides is 3. The molecule has 3 aliphatic heterocycles. The highest BCUT2D eigenvalue weighted by atomic mass is 19.1. The smallest absolute Gasteiger partial charge is 0.330 e. The van der Waals surface area contributed by atoms with Gasteiger partial charge in [0.15, 0.2) is 0 Å². The first-order chi connectivity index (χ1) is 21.8. The minimum absolute atomic E-state index is 0.0367. The fourth-order valence-corrected chi connectivity index (χ4v) is 6.41. The third-order valence-corrected chi connectivity index (χ3v) is 9.02. The Hall–Kier alpha value is -4.45. The Bertz CT molecular complexity index is 1580. The lowest BCUT2D eigenvalue weighted by molar-refractivity contribution is -0.129. The molecule has 0 bridgehead atoms. The number of anilines is 5. The SMILES string of the molecule is CCC(=O)N1CC[C@H](N2C(=O)N(c3cc(OC)ccc3F)Cc3cnc(Nc4ccc(N5CCN(C)CC5)c(CC)c4)nc32)C1. The van der Waals surface area contributed by atoms with Crippen LogP contribution >= 0.6 is 0 Å². The summed E-state index contributed by atoms with van der Waals surface area (Å²) in [6, 6.07) is 9.94. The van der Waals surface area contributed by atoms with Crippen LogP contribution in [0.4, 0.5) is 38.0 Å². The van der Waals surface area contributed by atoms with Gasteiger partial charge in [0.25, 0.3) is 0 Å². The van der Waals surface area contributed by atoms with Gasteiger partial charge in [-0.25, -0.2) is 14.2 Å². The first kappa shape index (κ1) is 30.6. The molecule has 1 atom stereocenters. The van der Waals surface area contributed by atoms with E-state index in [1.54, 1.807) is 16.0 Å². The van der Waals surface area contributed by atoms with Crippen molar-refractivity contribution >= 4 is 40.8 Å². The zero-order chi connectivity index (χ0) is 31.7. The maximum atomic E-state index is 15.1. The molecule has 2 fully saturated rings. The summed E-state index contributed by atoms with van der Waals surface area (Å²) < 4.78 is 20.4. The van der Waals surface area contributed by atoms with E-state index >= 15 is 4.39 Å². The van der Waals surface area contributed by atoms with Crippen LogP contribution in [0.2, 0.25) is 0 Å². The van der Waals surface area contributed by atoms with Crippen LogP contribution in [0.15, 0.2) is 42.6 Å². The largest absolute Gasteiger partial charge is 0.497 e. The third-order valence-electron chi connectivity index (χ3n) is 9.02. The molecule has 3 amide bonds. The van der Waals surface area contributed by atoms with Gasteiger partial charge in [-0.3, -0.25) is 14.6 Å². The van der Waals surface area contributed by atoms with Crippen molar-refractivity contribution in [1.82, 2.24) is 19.8 Å². The lowest BCUT2D eigenvalue weighted by Crippen LogP contribution is -2.53. The molecule has 2 aromatic carbocycles. The number of benzene rings is 2. The van der Waals surface area contributed by atoms with E-state index in [1.165, 1.54) is 41.5 Å². The van der Waals surface area contributed by atoms with Crippen molar-refractivity contribution in [2.75, 3.05) is 73.4 Å². The number of rotatable bonds is 8. The van der Waals surface area contributed by atoms with E-state index in [0.717, 1.165) is 38.3 Å². The zero-order valence-corrected chi connectivity index (χ0v) is 26.4. The normalized spacial score (nSPS) is 18.8. The number of methoxy groups -OCH3 is 1. The number of aromatic nitrogens is 2. The average Bonchev–Trinajstić information content (AvgIpc) is 3.55. The highest BCUT2D eigenvalue weighted by Gasteiger charge is 2.41. The van der Waals surface area contributed by atoms with E-state index in [-0.39, 0.29) is 24.2 Å². The molecule has 3 aliphatic rings. The van der Waals surface area contributed by atoms with Crippen LogP contribution in [0.5, 0.6) is 5.75 Å². The minimum atomic E-state index is -0.535. The van der Waals surface area contributed by atoms with Gasteiger partial charge in [-0.2, -0.15) is 4.98 Å². The summed E-state index contributed by atoms with van der Waals surface area (Å²) in [4.78, 5) is 45.7. The molecule has 0 unspecified atom stereocenters. The van der Waals surface area contributed by atoms with Gasteiger partial charge < -0.3 is 24.8 Å². The van der Waals surface area contributed by atoms with Crippen molar-refractivity contribution in [2.24, 2.45) is 0 Å². The average molecular weight is 617 g/mol. The summed E-state index contributed by atoms with van der Waals surface area (Å²) in [5.74, 6) is 0.777. The van der Waals surface area contributed by atoms with Crippen molar-refractivity contribution in [2.45, 2.75) is 45.7 Å². The van der Waals surface area contributed by atoms with E-state index in [4.69, 9.17) is 9.72 Å². The topological polar surface area (TPSA) is 97.4 Å². The number of fused-ring (bicyclic) bond motifs is 1. The summed E-state index contributed by atoms with van der Waals surface area (Å²) in [7, 11) is 3.65. The van der Waals surface area contributed by atoms with E-state index in [9.17, 15) is 9.59 Å². The molecule has 12 heteroatoms. The number of halogens is 1. The minimum Gasteiger partial charge on any atom is -0.497 e. The zero-order valence-electron chi connectivity index (χ0n) is 26.4. The van der Waals surface area contributed by atoms with E-state index in [1.807, 2.05) is 13.0 Å². The van der Waals surface area contributed by atoms with Gasteiger partial charge in [-0.1, -0.05) is 13.8 Å². The molecular weight excluding hydrogens is 575 g/mol. The van der Waals surface area contributed by atoms with Gasteiger partial charge >= 0.3 is 6.03 Å². The molecule has 0 spiro atoms. The maximum Gasteiger partial charge on any atom is 0.330 e. The lowest BCUT2D eigenvalue weighted by atomic mass is 10.1. The number of carbonyl (C=O) groups excluding carboxylic acids is 2. The summed E-state index contributed by atoms with van der Waals surface area (Å²) in [5.41, 5.74) is 4.14. The van der Waals surface area contributed by atoms with Crippen LogP contribution in [-0.2, 0) is 17.8 Å². The quantitative estimate of drug-likeness (QED) is 0.391. The van der Waals surface area contributed by atoms with Gasteiger partial charge in [0.1, 0.15) is 17.4 Å². The lowest BCUT2D eigenvalue weighted by Gasteiger charge is -2.39. The first-order valence-corrected chi connectivity index (χ1v) is 15.7. The van der Waals surface area contributed by atoms with Crippen molar-refractivity contribution < 1.29 is 18.7 Å². The van der Waals surface area contributed by atoms with Crippen molar-refractivity contribution in [3.05, 3.63) is 59.5 Å². The van der Waals surface area contributed by atoms with Gasteiger partial charge in [-0.15, -0.1) is 0 Å². The Morgan fingerprint density at radius 2 is 1.87 bits per heavy atom. The standard InChI is InChI=1S/C33H41FN8O3/c1-5-22-17-24(7-10-28(22)39-15-13-38(3)14-16-39)36-32-35-19-23-20-41(29-18-26(45-4)8-9-27(29)34)33(44)42(31(23)37-32)25-11-12-40(21-25)30(43)6-2/h7-10,17-19,25H,5-6,11-16,20-21H2,1-4H3,(H,35,36,37)/t25-/m0/s1. The number of likely N-dealkylation sites (N-methyl/N-ethyl adjacent to an activating group) is 1. The van der Waals surface area contributed by atoms with E-state index in [2.05, 4.69) is 46.2 Å². The van der Waals surface area contributed by atoms with Crippen molar-refractivity contribution in [3.63, 3.8) is 0 Å². The predicted octanol–water partition coefficient (Wildman–Crippen LogP) is 4.64. The van der Waals surface area contributed by atoms with Crippen molar-refractivity contribution in [3.8, 4) is 5.75 Å². The number of carbonyl (C=O) groups is 2. The molecule has 1 aromatic heterocycles. The molecule has 3 aromatic rings. The second kappa shape index (κ2) is 12.9. The molecule has 238 valence electrons. The van der Waals surface area contributed by atoms with Gasteiger partial charge in [0.2, 0.25) is 11.9 Å². The van der Waals surface area contributed by atoms with Gasteiger partial charge in [-0.05, 0) is 55.8 Å². The predicted molar refractivity (Wildman–Crippen MR) is 173 cm³/mol. The van der Waals surface area contributed by atoms with Gasteiger partial charge in [0.05, 0.1) is 25.4 Å². The summed E-state index contributed by atoms with van der Waals surface area (Å²) in [5, 5.41) is 3.35. The molecule has 45 heavy (non-hydrogen) atoms. The Labute approximate surface area is 263 Å². The first-order valence-electron chi connectivity index (χ1n) is 15.7. The Balaban J connectivity index is 1.32. The van der Waals surface area contributed by atoms with E-state index < -0.39 is 11.8 Å². The highest BCUT2D eigenvalue weighted by Crippen LogP contribution is 2.37. The van der Waals surface area contributed by atoms with Crippen LogP contribution < -0.4 is 24.8 Å². The summed E-state index contributed by atoms with van der Waals surface area (Å²) in [6.07, 6.45) is 3.56. The molecule has 0 aliphatic carbocycles. The van der Waals surface area contributed by atoms with Crippen LogP contribution in [-0.4, -0.2) is 91.2 Å². The number of nitrogens with zero attached hydrogens (tertiary/aromatic N) is 7. The third kappa shape index (κ3) is 6.11. The molecule has 11 nitrogen and oxygen atoms in total. The van der Waals surface area contributed by atoms with Crippen LogP contribution in [0.1, 0.15) is 37.8 Å². The van der Waals surface area contributed by atoms with Crippen LogP contribution in [0.3, 0.4) is 0 Å². The Kier molecular flexibility index (Phi) is 8.75. The number of nitrogens with one attached hydrogen (secondary N) is 1. The number of urea groups is 1. The molecule has 1 N–H and O–H groups in total. The Morgan fingerprint density at radius 3 is 2.60 bits per heavy atom. The van der Waals surface area contributed by atoms with Crippen molar-refractivity contribution in [1.29, 1.82) is 0 Å². The molecule has 4 heterocycles.